The maximum Gasteiger partial charge on any atom is 0.294 e. The lowest BCUT2D eigenvalue weighted by Crippen LogP contribution is -2.24. The standard InChI is InChI=1S/C18H21O6PS2/c19-23-24-26-17-10-4-8-15(12-17)25(14-6-2-1-3-7-14)16-9-5-11-18(13-16)27(20,21)22/h4-5,8-14,19H,1-3,6-7H2,(H,20,21,22). The summed E-state index contributed by atoms with van der Waals surface area (Å²) in [5.74, 6) is 0. The highest BCUT2D eigenvalue weighted by Crippen LogP contribution is 2.46. The molecular weight excluding hydrogens is 407 g/mol. The lowest BCUT2D eigenvalue weighted by Gasteiger charge is -2.31. The highest BCUT2D eigenvalue weighted by atomic mass is 32.2. The number of hydrogen-bond donors (Lipinski definition) is 2. The van der Waals surface area contributed by atoms with Crippen molar-refractivity contribution in [3.63, 3.8) is 0 Å². The van der Waals surface area contributed by atoms with Crippen molar-refractivity contribution < 1.29 is 27.6 Å². The molecule has 9 heteroatoms. The number of hydrogen-bond acceptors (Lipinski definition) is 6. The first-order valence-corrected chi connectivity index (χ1v) is 12.2. The molecule has 0 spiro atoms. The van der Waals surface area contributed by atoms with Crippen LogP contribution in [0, 0.1) is 0 Å². The van der Waals surface area contributed by atoms with Gasteiger partial charge in [0.25, 0.3) is 10.1 Å². The third-order valence-corrected chi connectivity index (χ3v) is 8.93. The Morgan fingerprint density at radius 1 is 1.00 bits per heavy atom. The lowest BCUT2D eigenvalue weighted by atomic mass is 10.0. The zero-order chi connectivity index (χ0) is 19.3. The van der Waals surface area contributed by atoms with Crippen LogP contribution < -0.4 is 10.6 Å². The minimum atomic E-state index is -4.25. The van der Waals surface area contributed by atoms with Gasteiger partial charge in [-0.3, -0.25) is 4.55 Å². The average molecular weight is 428 g/mol. The number of benzene rings is 2. The van der Waals surface area contributed by atoms with E-state index in [9.17, 15) is 13.0 Å². The van der Waals surface area contributed by atoms with E-state index in [1.165, 1.54) is 12.5 Å². The largest absolute Gasteiger partial charge is 0.294 e. The summed E-state index contributed by atoms with van der Waals surface area (Å²) in [6, 6.07) is 14.4. The monoisotopic (exact) mass is 428 g/mol. The fourth-order valence-corrected chi connectivity index (χ4v) is 7.64. The molecule has 3 rings (SSSR count). The summed E-state index contributed by atoms with van der Waals surface area (Å²) in [4.78, 5) is 0.696. The van der Waals surface area contributed by atoms with Crippen LogP contribution in [0.15, 0.2) is 58.3 Å². The van der Waals surface area contributed by atoms with Gasteiger partial charge in [0.05, 0.1) is 16.9 Å². The van der Waals surface area contributed by atoms with Crippen LogP contribution >= 0.6 is 20.0 Å². The van der Waals surface area contributed by atoms with Crippen LogP contribution in [0.4, 0.5) is 0 Å². The quantitative estimate of drug-likeness (QED) is 0.225. The first-order valence-electron chi connectivity index (χ1n) is 8.60. The molecule has 1 fully saturated rings. The van der Waals surface area contributed by atoms with Crippen molar-refractivity contribution in [2.24, 2.45) is 0 Å². The summed E-state index contributed by atoms with van der Waals surface area (Å²) in [5, 5.41) is 14.1. The van der Waals surface area contributed by atoms with Crippen LogP contribution in [0.3, 0.4) is 0 Å². The van der Waals surface area contributed by atoms with Crippen LogP contribution in [0.2, 0.25) is 0 Å². The van der Waals surface area contributed by atoms with Gasteiger partial charge in [0.15, 0.2) is 0 Å². The molecule has 1 aliphatic rings. The molecular formula is C18H21O6PS2. The van der Waals surface area contributed by atoms with Crippen molar-refractivity contribution in [2.75, 3.05) is 0 Å². The molecule has 0 aliphatic heterocycles. The highest BCUT2D eigenvalue weighted by molar-refractivity contribution is 7.94. The second-order valence-electron chi connectivity index (χ2n) is 6.36. The molecule has 2 aromatic carbocycles. The predicted octanol–water partition coefficient (Wildman–Crippen LogP) is 4.13. The summed E-state index contributed by atoms with van der Waals surface area (Å²) in [7, 11) is -5.06. The molecule has 0 heterocycles. The van der Waals surface area contributed by atoms with E-state index in [1.54, 1.807) is 12.1 Å². The van der Waals surface area contributed by atoms with Gasteiger partial charge in [0.1, 0.15) is 0 Å². The van der Waals surface area contributed by atoms with Gasteiger partial charge >= 0.3 is 0 Å². The molecule has 27 heavy (non-hydrogen) atoms. The second kappa shape index (κ2) is 9.47. The van der Waals surface area contributed by atoms with Gasteiger partial charge in [0, 0.05) is 4.90 Å². The van der Waals surface area contributed by atoms with Gasteiger partial charge in [-0.2, -0.15) is 8.42 Å². The smallest absolute Gasteiger partial charge is 0.282 e. The van der Waals surface area contributed by atoms with Gasteiger partial charge in [-0.1, -0.05) is 48.6 Å². The van der Waals surface area contributed by atoms with Crippen molar-refractivity contribution in [3.8, 4) is 0 Å². The molecule has 0 aromatic heterocycles. The summed E-state index contributed by atoms with van der Waals surface area (Å²) < 4.78 is 37.2. The second-order valence-corrected chi connectivity index (χ2v) is 11.1. The highest BCUT2D eigenvalue weighted by Gasteiger charge is 2.27. The first-order chi connectivity index (χ1) is 13.0. The molecule has 0 bridgehead atoms. The Labute approximate surface area is 164 Å². The lowest BCUT2D eigenvalue weighted by molar-refractivity contribution is -0.432. The van der Waals surface area contributed by atoms with Gasteiger partial charge in [0.2, 0.25) is 0 Å². The third-order valence-electron chi connectivity index (χ3n) is 4.59. The van der Waals surface area contributed by atoms with Gasteiger partial charge in [-0.25, -0.2) is 5.26 Å². The van der Waals surface area contributed by atoms with Crippen LogP contribution in [0.5, 0.6) is 0 Å². The Bertz CT molecular complexity index is 868. The third kappa shape index (κ3) is 5.51. The summed E-state index contributed by atoms with van der Waals surface area (Å²) >= 11 is 0.904. The molecule has 1 saturated carbocycles. The molecule has 146 valence electrons. The van der Waals surface area contributed by atoms with Gasteiger partial charge in [-0.05, 0) is 61.3 Å². The Hall–Kier alpha value is -0.990. The Morgan fingerprint density at radius 3 is 2.33 bits per heavy atom. The zero-order valence-corrected chi connectivity index (χ0v) is 17.1. The van der Waals surface area contributed by atoms with E-state index in [0.29, 0.717) is 5.66 Å². The van der Waals surface area contributed by atoms with Crippen molar-refractivity contribution in [1.82, 2.24) is 0 Å². The van der Waals surface area contributed by atoms with Crippen LogP contribution in [-0.2, 0) is 19.5 Å². The Kier molecular flexibility index (Phi) is 7.28. The van der Waals surface area contributed by atoms with Crippen molar-refractivity contribution in [3.05, 3.63) is 48.5 Å². The van der Waals surface area contributed by atoms with E-state index in [4.69, 9.17) is 5.26 Å². The SMILES string of the molecule is O=S(=O)(O)c1cccc(P(c2cccc(SOOO)c2)C2CCCCC2)c1. The van der Waals surface area contributed by atoms with Crippen LogP contribution in [0.1, 0.15) is 32.1 Å². The van der Waals surface area contributed by atoms with Crippen molar-refractivity contribution in [2.45, 2.75) is 47.6 Å². The Balaban J connectivity index is 2.02. The van der Waals surface area contributed by atoms with E-state index in [0.717, 1.165) is 53.2 Å². The van der Waals surface area contributed by atoms with E-state index in [2.05, 4.69) is 9.37 Å². The fraction of sp³-hybridized carbons (Fsp3) is 0.333. The molecule has 0 amide bonds. The predicted molar refractivity (Wildman–Crippen MR) is 106 cm³/mol. The van der Waals surface area contributed by atoms with Crippen LogP contribution in [-0.4, -0.2) is 23.9 Å². The van der Waals surface area contributed by atoms with E-state index in [-0.39, 0.29) is 4.90 Å². The minimum Gasteiger partial charge on any atom is -0.282 e. The molecule has 1 unspecified atom stereocenters. The Morgan fingerprint density at radius 2 is 1.67 bits per heavy atom. The normalized spacial score (nSPS) is 17.0. The van der Waals surface area contributed by atoms with E-state index < -0.39 is 18.0 Å². The molecule has 1 atom stereocenters. The molecule has 6 nitrogen and oxygen atoms in total. The first kappa shape index (κ1) is 20.7. The summed E-state index contributed by atoms with van der Waals surface area (Å²) in [6.45, 7) is 0. The van der Waals surface area contributed by atoms with E-state index in [1.807, 2.05) is 30.3 Å². The molecule has 2 N–H and O–H groups in total. The minimum absolute atomic E-state index is 0.0779. The topological polar surface area (TPSA) is 93.1 Å². The van der Waals surface area contributed by atoms with Crippen LogP contribution in [0.25, 0.3) is 0 Å². The molecule has 0 radical (unpaired) electrons. The van der Waals surface area contributed by atoms with Gasteiger partial charge in [-0.15, -0.1) is 4.33 Å². The molecule has 2 aromatic rings. The van der Waals surface area contributed by atoms with E-state index >= 15 is 0 Å². The maximum absolute atomic E-state index is 11.6. The van der Waals surface area contributed by atoms with Crippen molar-refractivity contribution >= 4 is 40.7 Å². The van der Waals surface area contributed by atoms with Crippen molar-refractivity contribution in [1.29, 1.82) is 0 Å². The molecule has 0 saturated heterocycles. The van der Waals surface area contributed by atoms with Gasteiger partial charge < -0.3 is 0 Å². The summed E-state index contributed by atoms with van der Waals surface area (Å²) in [5.41, 5.74) is 0.445. The fourth-order valence-electron chi connectivity index (χ4n) is 3.44. The number of rotatable bonds is 7. The zero-order valence-electron chi connectivity index (χ0n) is 14.5. The summed E-state index contributed by atoms with van der Waals surface area (Å²) in [6.07, 6.45) is 5.74. The maximum atomic E-state index is 11.6. The average Bonchev–Trinajstić information content (AvgIpc) is 2.67. The molecule has 1 aliphatic carbocycles.